The Balaban J connectivity index is 1.45. The van der Waals surface area contributed by atoms with Gasteiger partial charge in [0.1, 0.15) is 5.75 Å². The Bertz CT molecular complexity index is 822. The van der Waals surface area contributed by atoms with E-state index in [9.17, 15) is 14.7 Å². The standard InChI is InChI=1S/C18H14I2N2O3/c19-12-3-7(4-13(20)16(12)23)6-21-22-17(24)14-8-1-2-9(11-5-10(8)11)15(14)18(22)25/h1-4,6,8-11,14-15,23H,5H2/b21-6-/t8-,9-,10-,11-,14+,15+/m0/s1. The fraction of sp³-hybridized carbons (Fsp3) is 0.389. The van der Waals surface area contributed by atoms with E-state index in [1.807, 2.05) is 45.2 Å². The average Bonchev–Trinajstić information content (AvgIpc) is 3.37. The van der Waals surface area contributed by atoms with Crippen molar-refractivity contribution >= 4 is 63.2 Å². The second-order valence-electron chi connectivity index (χ2n) is 7.22. The van der Waals surface area contributed by atoms with E-state index in [4.69, 9.17) is 0 Å². The van der Waals surface area contributed by atoms with Crippen LogP contribution in [0.15, 0.2) is 29.4 Å². The number of allylic oxidation sites excluding steroid dienone is 2. The lowest BCUT2D eigenvalue weighted by Gasteiger charge is -2.37. The van der Waals surface area contributed by atoms with E-state index < -0.39 is 0 Å². The van der Waals surface area contributed by atoms with Gasteiger partial charge in [0.25, 0.3) is 11.8 Å². The Morgan fingerprint density at radius 2 is 1.56 bits per heavy atom. The average molecular weight is 560 g/mol. The van der Waals surface area contributed by atoms with E-state index in [-0.39, 0.29) is 41.2 Å². The first-order chi connectivity index (χ1) is 12.0. The first-order valence-electron chi connectivity index (χ1n) is 8.25. The minimum absolute atomic E-state index is 0.154. The molecular weight excluding hydrogens is 546 g/mol. The molecule has 1 aromatic carbocycles. The number of benzene rings is 1. The van der Waals surface area contributed by atoms with Crippen molar-refractivity contribution in [2.75, 3.05) is 0 Å². The van der Waals surface area contributed by atoms with Gasteiger partial charge >= 0.3 is 0 Å². The topological polar surface area (TPSA) is 70.0 Å². The van der Waals surface area contributed by atoms with E-state index in [1.54, 1.807) is 12.1 Å². The molecule has 5 aliphatic rings. The monoisotopic (exact) mass is 560 g/mol. The number of imide groups is 1. The van der Waals surface area contributed by atoms with Crippen LogP contribution in [-0.2, 0) is 9.59 Å². The van der Waals surface area contributed by atoms with Gasteiger partial charge in [-0.3, -0.25) is 9.59 Å². The van der Waals surface area contributed by atoms with Gasteiger partial charge in [-0.15, -0.1) is 0 Å². The number of rotatable bonds is 2. The summed E-state index contributed by atoms with van der Waals surface area (Å²) in [5.41, 5.74) is 0.756. The van der Waals surface area contributed by atoms with Crippen molar-refractivity contribution in [1.82, 2.24) is 5.01 Å². The first kappa shape index (κ1) is 16.2. The van der Waals surface area contributed by atoms with Gasteiger partial charge in [-0.2, -0.15) is 10.1 Å². The van der Waals surface area contributed by atoms with Crippen LogP contribution < -0.4 is 0 Å². The van der Waals surface area contributed by atoms with Crippen molar-refractivity contribution in [3.05, 3.63) is 37.0 Å². The fourth-order valence-corrected chi connectivity index (χ4v) is 6.66. The molecule has 2 amide bonds. The Morgan fingerprint density at radius 3 is 2.08 bits per heavy atom. The predicted molar refractivity (Wildman–Crippen MR) is 108 cm³/mol. The number of phenolic OH excluding ortho intramolecular Hbond substituents is 1. The lowest BCUT2D eigenvalue weighted by molar-refractivity contribution is -0.140. The number of phenols is 1. The molecule has 2 saturated carbocycles. The van der Waals surface area contributed by atoms with Crippen LogP contribution in [0.5, 0.6) is 5.75 Å². The van der Waals surface area contributed by atoms with Gasteiger partial charge in [-0.1, -0.05) is 12.2 Å². The van der Waals surface area contributed by atoms with Crippen LogP contribution >= 0.6 is 45.2 Å². The molecule has 0 aromatic heterocycles. The Hall–Kier alpha value is -0.970. The number of carbonyl (C=O) groups excluding carboxylic acids is 2. The molecule has 5 nitrogen and oxygen atoms in total. The molecule has 1 aliphatic heterocycles. The molecule has 7 heteroatoms. The molecule has 1 heterocycles. The summed E-state index contributed by atoms with van der Waals surface area (Å²) < 4.78 is 1.42. The van der Waals surface area contributed by atoms with E-state index in [0.717, 1.165) is 17.0 Å². The van der Waals surface area contributed by atoms with Crippen molar-refractivity contribution in [3.8, 4) is 5.75 Å². The predicted octanol–water partition coefficient (Wildman–Crippen LogP) is 2.99. The largest absolute Gasteiger partial charge is 0.506 e. The summed E-state index contributed by atoms with van der Waals surface area (Å²) in [5.74, 6) is 1.11. The summed E-state index contributed by atoms with van der Waals surface area (Å²) in [7, 11) is 0. The SMILES string of the molecule is O=C1[C@@H]2[C@H]3C=C[C@@H]([C@@H]4C[C@@H]34)[C@H]2C(=O)N1/N=C\c1cc(I)c(O)c(I)c1. The number of carbonyl (C=O) groups is 2. The molecule has 6 atom stereocenters. The number of hydrogen-bond acceptors (Lipinski definition) is 4. The number of hydrogen-bond donors (Lipinski definition) is 1. The van der Waals surface area contributed by atoms with Crippen LogP contribution in [0.2, 0.25) is 0 Å². The van der Waals surface area contributed by atoms with Gasteiger partial charge in [0.05, 0.1) is 25.2 Å². The quantitative estimate of drug-likeness (QED) is 0.262. The molecule has 0 spiro atoms. The van der Waals surface area contributed by atoms with Gasteiger partial charge in [-0.25, -0.2) is 0 Å². The molecule has 2 bridgehead atoms. The van der Waals surface area contributed by atoms with Crippen molar-refractivity contribution in [2.24, 2.45) is 40.6 Å². The highest BCUT2D eigenvalue weighted by Gasteiger charge is 2.67. The Kier molecular flexibility index (Phi) is 3.58. The molecule has 4 aliphatic carbocycles. The second kappa shape index (κ2) is 5.51. The first-order valence-corrected chi connectivity index (χ1v) is 10.4. The van der Waals surface area contributed by atoms with Gasteiger partial charge < -0.3 is 5.11 Å². The Labute approximate surface area is 171 Å². The number of halogens is 2. The second-order valence-corrected chi connectivity index (χ2v) is 9.54. The molecule has 128 valence electrons. The van der Waals surface area contributed by atoms with Gasteiger partial charge in [0.2, 0.25) is 0 Å². The minimum Gasteiger partial charge on any atom is -0.506 e. The highest BCUT2D eigenvalue weighted by molar-refractivity contribution is 14.1. The van der Waals surface area contributed by atoms with Crippen molar-refractivity contribution < 1.29 is 14.7 Å². The summed E-state index contributed by atoms with van der Waals surface area (Å²) in [4.78, 5) is 25.7. The zero-order valence-electron chi connectivity index (χ0n) is 13.0. The van der Waals surface area contributed by atoms with E-state index >= 15 is 0 Å². The molecule has 1 saturated heterocycles. The van der Waals surface area contributed by atoms with Crippen LogP contribution in [0.25, 0.3) is 0 Å². The van der Waals surface area contributed by atoms with E-state index in [1.165, 1.54) is 6.21 Å². The maximum Gasteiger partial charge on any atom is 0.254 e. The van der Waals surface area contributed by atoms with Gasteiger partial charge in [0, 0.05) is 0 Å². The van der Waals surface area contributed by atoms with Crippen molar-refractivity contribution in [3.63, 3.8) is 0 Å². The lowest BCUT2D eigenvalue weighted by atomic mass is 9.63. The normalized spacial score (nSPS) is 37.8. The third-order valence-electron chi connectivity index (χ3n) is 6.00. The molecule has 1 aromatic rings. The van der Waals surface area contributed by atoms with Crippen LogP contribution in [0.1, 0.15) is 12.0 Å². The molecule has 0 radical (unpaired) electrons. The van der Waals surface area contributed by atoms with Crippen LogP contribution in [-0.4, -0.2) is 28.1 Å². The van der Waals surface area contributed by atoms with Gasteiger partial charge in [-0.05, 0) is 93.0 Å². The summed E-state index contributed by atoms with van der Waals surface area (Å²) in [5, 5.41) is 15.1. The molecule has 1 N–H and O–H groups in total. The molecule has 6 rings (SSSR count). The summed E-state index contributed by atoms with van der Waals surface area (Å²) >= 11 is 4.09. The fourth-order valence-electron chi connectivity index (χ4n) is 4.84. The van der Waals surface area contributed by atoms with Crippen LogP contribution in [0, 0.1) is 42.6 Å². The number of amides is 2. The summed E-state index contributed by atoms with van der Waals surface area (Å²) in [6.45, 7) is 0. The van der Waals surface area contributed by atoms with E-state index in [2.05, 4.69) is 17.3 Å². The zero-order chi connectivity index (χ0) is 17.5. The maximum absolute atomic E-state index is 12.8. The molecule has 0 unspecified atom stereocenters. The summed E-state index contributed by atoms with van der Waals surface area (Å²) in [6.07, 6.45) is 7.00. The highest BCUT2D eigenvalue weighted by Crippen LogP contribution is 2.65. The number of nitrogens with zero attached hydrogens (tertiary/aromatic N) is 2. The third-order valence-corrected chi connectivity index (χ3v) is 7.65. The number of aromatic hydroxyl groups is 1. The maximum atomic E-state index is 12.8. The van der Waals surface area contributed by atoms with E-state index in [0.29, 0.717) is 19.0 Å². The van der Waals surface area contributed by atoms with Crippen LogP contribution in [0.4, 0.5) is 0 Å². The molecule has 25 heavy (non-hydrogen) atoms. The number of hydrazone groups is 1. The third kappa shape index (κ3) is 2.27. The smallest absolute Gasteiger partial charge is 0.254 e. The van der Waals surface area contributed by atoms with Crippen molar-refractivity contribution in [1.29, 1.82) is 0 Å². The Morgan fingerprint density at radius 1 is 1.04 bits per heavy atom. The lowest BCUT2D eigenvalue weighted by Crippen LogP contribution is -2.40. The molecule has 3 fully saturated rings. The highest BCUT2D eigenvalue weighted by atomic mass is 127. The van der Waals surface area contributed by atoms with Crippen molar-refractivity contribution in [2.45, 2.75) is 6.42 Å². The van der Waals surface area contributed by atoms with Gasteiger partial charge in [0.15, 0.2) is 0 Å². The van der Waals surface area contributed by atoms with Crippen LogP contribution in [0.3, 0.4) is 0 Å². The minimum atomic E-state index is -0.219. The molecular formula is C18H14I2N2O3. The summed E-state index contributed by atoms with van der Waals surface area (Å²) in [6, 6.07) is 3.56. The zero-order valence-corrected chi connectivity index (χ0v) is 17.3.